The highest BCUT2D eigenvalue weighted by Crippen LogP contribution is 2.17. The van der Waals surface area contributed by atoms with Gasteiger partial charge in [-0.1, -0.05) is 19.9 Å². The van der Waals surface area contributed by atoms with Crippen LogP contribution in [0.4, 0.5) is 5.69 Å². The molecule has 0 spiro atoms. The summed E-state index contributed by atoms with van der Waals surface area (Å²) in [4.78, 5) is 19.4. The van der Waals surface area contributed by atoms with E-state index in [-0.39, 0.29) is 17.7 Å². The number of rotatable bonds is 6. The summed E-state index contributed by atoms with van der Waals surface area (Å²) in [7, 11) is 0. The number of aromatic nitrogens is 2. The van der Waals surface area contributed by atoms with Crippen molar-refractivity contribution in [3.05, 3.63) is 30.4 Å². The topological polar surface area (TPSA) is 75.1 Å². The maximum atomic E-state index is 11.2. The Morgan fingerprint density at radius 1 is 1.56 bits per heavy atom. The van der Waals surface area contributed by atoms with Gasteiger partial charge in [-0.25, -0.2) is 14.8 Å². The zero-order valence-electron chi connectivity index (χ0n) is 11.0. The van der Waals surface area contributed by atoms with Gasteiger partial charge < -0.3 is 10.4 Å². The fourth-order valence-corrected chi connectivity index (χ4v) is 1.52. The molecule has 0 saturated heterocycles. The summed E-state index contributed by atoms with van der Waals surface area (Å²) in [6.07, 6.45) is 4.05. The lowest BCUT2D eigenvalue weighted by Crippen LogP contribution is -2.18. The summed E-state index contributed by atoms with van der Waals surface area (Å²) in [5.41, 5.74) is 0.464. The van der Waals surface area contributed by atoms with E-state index in [1.807, 2.05) is 20.8 Å². The number of hydrogen-bond donors (Lipinski definition) is 2. The van der Waals surface area contributed by atoms with Crippen molar-refractivity contribution in [1.29, 1.82) is 0 Å². The molecule has 0 bridgehead atoms. The van der Waals surface area contributed by atoms with E-state index in [1.54, 1.807) is 6.08 Å². The average molecular weight is 249 g/mol. The molecular weight excluding hydrogens is 230 g/mol. The number of carbonyl (C=O) groups is 1. The normalized spacial score (nSPS) is 12.2. The van der Waals surface area contributed by atoms with E-state index in [0.717, 1.165) is 6.42 Å². The molecule has 0 aliphatic carbocycles. The van der Waals surface area contributed by atoms with E-state index in [0.29, 0.717) is 11.5 Å². The van der Waals surface area contributed by atoms with Crippen LogP contribution in [0.2, 0.25) is 0 Å². The molecule has 0 amide bonds. The van der Waals surface area contributed by atoms with Crippen molar-refractivity contribution in [3.8, 4) is 0 Å². The molecule has 1 heterocycles. The first-order valence-corrected chi connectivity index (χ1v) is 5.93. The number of anilines is 1. The molecule has 18 heavy (non-hydrogen) atoms. The Morgan fingerprint density at radius 2 is 2.22 bits per heavy atom. The smallest absolute Gasteiger partial charge is 0.356 e. The molecule has 0 fully saturated rings. The lowest BCUT2D eigenvalue weighted by molar-refractivity contribution is 0.0691. The first kappa shape index (κ1) is 14.2. The fraction of sp³-hybridized carbons (Fsp3) is 0.462. The van der Waals surface area contributed by atoms with Crippen LogP contribution in [-0.4, -0.2) is 27.1 Å². The third-order valence-corrected chi connectivity index (χ3v) is 2.45. The summed E-state index contributed by atoms with van der Waals surface area (Å²) < 4.78 is 0. The van der Waals surface area contributed by atoms with Crippen LogP contribution in [-0.2, 0) is 0 Å². The van der Waals surface area contributed by atoms with Gasteiger partial charge in [-0.05, 0) is 13.3 Å². The number of carboxylic acid groups (broad SMARTS) is 1. The maximum absolute atomic E-state index is 11.2. The van der Waals surface area contributed by atoms with Gasteiger partial charge in [0.15, 0.2) is 5.69 Å². The molecule has 1 unspecified atom stereocenters. The van der Waals surface area contributed by atoms with Crippen molar-refractivity contribution in [1.82, 2.24) is 9.97 Å². The van der Waals surface area contributed by atoms with E-state index in [1.165, 1.54) is 6.20 Å². The molecule has 1 aromatic heterocycles. The monoisotopic (exact) mass is 249 g/mol. The van der Waals surface area contributed by atoms with E-state index in [2.05, 4.69) is 21.9 Å². The minimum Gasteiger partial charge on any atom is -0.476 e. The van der Waals surface area contributed by atoms with Gasteiger partial charge in [0.2, 0.25) is 0 Å². The second-order valence-corrected chi connectivity index (χ2v) is 4.52. The summed E-state index contributed by atoms with van der Waals surface area (Å²) in [6.45, 7) is 9.45. The largest absolute Gasteiger partial charge is 0.476 e. The van der Waals surface area contributed by atoms with Crippen LogP contribution in [0.5, 0.6) is 0 Å². The first-order valence-electron chi connectivity index (χ1n) is 5.93. The van der Waals surface area contributed by atoms with Gasteiger partial charge >= 0.3 is 5.97 Å². The quantitative estimate of drug-likeness (QED) is 0.758. The molecule has 1 aromatic rings. The standard InChI is InChI=1S/C13H19N3O2/c1-5-6-9(4)15-10-7-14-12(8(2)3)16-11(10)13(17)18/h5,7-9,15H,1,6H2,2-4H3,(H,17,18). The molecule has 0 aliphatic heterocycles. The summed E-state index contributed by atoms with van der Waals surface area (Å²) in [5.74, 6) is -0.412. The van der Waals surface area contributed by atoms with E-state index >= 15 is 0 Å². The van der Waals surface area contributed by atoms with Crippen molar-refractivity contribution in [2.45, 2.75) is 39.2 Å². The predicted octanol–water partition coefficient (Wildman–Crippen LogP) is 2.67. The molecular formula is C13H19N3O2. The molecule has 1 atom stereocenters. The van der Waals surface area contributed by atoms with E-state index in [4.69, 9.17) is 5.11 Å². The minimum absolute atomic E-state index is 0.0182. The second kappa shape index (κ2) is 6.14. The van der Waals surface area contributed by atoms with Crippen molar-refractivity contribution < 1.29 is 9.90 Å². The van der Waals surface area contributed by atoms with Gasteiger partial charge in [0.1, 0.15) is 5.82 Å². The van der Waals surface area contributed by atoms with Crippen molar-refractivity contribution in [3.63, 3.8) is 0 Å². The molecule has 0 aromatic carbocycles. The molecule has 5 heteroatoms. The van der Waals surface area contributed by atoms with Crippen LogP contribution in [0.3, 0.4) is 0 Å². The molecule has 1 rings (SSSR count). The number of nitrogens with one attached hydrogen (secondary N) is 1. The van der Waals surface area contributed by atoms with Gasteiger partial charge in [-0.15, -0.1) is 6.58 Å². The Morgan fingerprint density at radius 3 is 2.72 bits per heavy atom. The first-order chi connectivity index (χ1) is 8.45. The number of carboxylic acids is 1. The van der Waals surface area contributed by atoms with Crippen LogP contribution in [0, 0.1) is 0 Å². The van der Waals surface area contributed by atoms with Gasteiger partial charge in [0, 0.05) is 12.0 Å². The number of nitrogens with zero attached hydrogens (tertiary/aromatic N) is 2. The second-order valence-electron chi connectivity index (χ2n) is 4.52. The molecule has 2 N–H and O–H groups in total. The Balaban J connectivity index is 3.04. The zero-order valence-corrected chi connectivity index (χ0v) is 11.0. The highest BCUT2D eigenvalue weighted by molar-refractivity contribution is 5.91. The minimum atomic E-state index is -1.05. The third kappa shape index (κ3) is 3.55. The van der Waals surface area contributed by atoms with Crippen LogP contribution < -0.4 is 5.32 Å². The van der Waals surface area contributed by atoms with Gasteiger partial charge in [-0.3, -0.25) is 0 Å². The Hall–Kier alpha value is -1.91. The number of aromatic carboxylic acids is 1. The van der Waals surface area contributed by atoms with Crippen molar-refractivity contribution in [2.75, 3.05) is 5.32 Å². The van der Waals surface area contributed by atoms with Crippen LogP contribution in [0.25, 0.3) is 0 Å². The Kier molecular flexibility index (Phi) is 4.83. The van der Waals surface area contributed by atoms with Crippen molar-refractivity contribution in [2.24, 2.45) is 0 Å². The molecule has 0 radical (unpaired) electrons. The van der Waals surface area contributed by atoms with E-state index < -0.39 is 5.97 Å². The fourth-order valence-electron chi connectivity index (χ4n) is 1.52. The lowest BCUT2D eigenvalue weighted by Gasteiger charge is -2.15. The van der Waals surface area contributed by atoms with Gasteiger partial charge in [-0.2, -0.15) is 0 Å². The Bertz CT molecular complexity index is 444. The van der Waals surface area contributed by atoms with Gasteiger partial charge in [0.05, 0.1) is 11.9 Å². The Labute approximate surface area is 107 Å². The molecule has 0 aliphatic rings. The number of hydrogen-bond acceptors (Lipinski definition) is 4. The molecule has 98 valence electrons. The van der Waals surface area contributed by atoms with Gasteiger partial charge in [0.25, 0.3) is 0 Å². The SMILES string of the molecule is C=CCC(C)Nc1cnc(C(C)C)nc1C(=O)O. The summed E-state index contributed by atoms with van der Waals surface area (Å²) in [6, 6.07) is 0.0918. The molecule has 0 saturated carbocycles. The van der Waals surface area contributed by atoms with Crippen LogP contribution in [0.1, 0.15) is 49.4 Å². The average Bonchev–Trinajstić information content (AvgIpc) is 2.29. The van der Waals surface area contributed by atoms with E-state index in [9.17, 15) is 4.79 Å². The highest BCUT2D eigenvalue weighted by Gasteiger charge is 2.16. The van der Waals surface area contributed by atoms with Crippen LogP contribution in [0.15, 0.2) is 18.9 Å². The maximum Gasteiger partial charge on any atom is 0.356 e. The van der Waals surface area contributed by atoms with Crippen molar-refractivity contribution >= 4 is 11.7 Å². The predicted molar refractivity (Wildman–Crippen MR) is 71.0 cm³/mol. The summed E-state index contributed by atoms with van der Waals surface area (Å²) in [5, 5.41) is 12.2. The highest BCUT2D eigenvalue weighted by atomic mass is 16.4. The zero-order chi connectivity index (χ0) is 13.7. The molecule has 5 nitrogen and oxygen atoms in total. The van der Waals surface area contributed by atoms with Crippen LogP contribution >= 0.6 is 0 Å². The summed E-state index contributed by atoms with van der Waals surface area (Å²) >= 11 is 0. The lowest BCUT2D eigenvalue weighted by atomic mass is 10.2. The third-order valence-electron chi connectivity index (χ3n) is 2.45.